The third-order valence-corrected chi connectivity index (χ3v) is 1.85. The van der Waals surface area contributed by atoms with Crippen LogP contribution >= 0.6 is 0 Å². The summed E-state index contributed by atoms with van der Waals surface area (Å²) >= 11 is 0. The van der Waals surface area contributed by atoms with Crippen LogP contribution in [0.2, 0.25) is 0 Å². The van der Waals surface area contributed by atoms with Gasteiger partial charge in [0.1, 0.15) is 0 Å². The van der Waals surface area contributed by atoms with Crippen LogP contribution in [-0.2, 0) is 13.7 Å². The maximum Gasteiger partial charge on any atom is 0.219 e. The fourth-order valence-corrected chi connectivity index (χ4v) is 1.17. The van der Waals surface area contributed by atoms with Crippen LogP contribution in [0.25, 0.3) is 0 Å². The highest BCUT2D eigenvalue weighted by atomic mass is 16.5. The molecular weight excluding hydrogens is 194 g/mol. The Morgan fingerprint density at radius 1 is 1.47 bits per heavy atom. The van der Waals surface area contributed by atoms with Crippen molar-refractivity contribution in [1.29, 1.82) is 0 Å². The summed E-state index contributed by atoms with van der Waals surface area (Å²) in [5.74, 6) is 1.08. The van der Waals surface area contributed by atoms with E-state index in [1.807, 2.05) is 7.05 Å². The van der Waals surface area contributed by atoms with Gasteiger partial charge in [0.25, 0.3) is 0 Å². The van der Waals surface area contributed by atoms with Crippen molar-refractivity contribution >= 4 is 0 Å². The number of aliphatic hydroxyl groups excluding tert-OH is 1. The summed E-state index contributed by atoms with van der Waals surface area (Å²) in [6.45, 7) is -0.0930. The van der Waals surface area contributed by atoms with E-state index in [2.05, 4.69) is 10.1 Å². The fraction of sp³-hybridized carbons (Fsp3) is 0.200. The first-order valence-electron chi connectivity index (χ1n) is 4.51. The molecule has 0 aliphatic heterocycles. The van der Waals surface area contributed by atoms with E-state index in [0.717, 1.165) is 0 Å². The van der Waals surface area contributed by atoms with Gasteiger partial charge >= 0.3 is 0 Å². The van der Waals surface area contributed by atoms with Gasteiger partial charge in [-0.15, -0.1) is 0 Å². The predicted molar refractivity (Wildman–Crippen MR) is 53.4 cm³/mol. The number of nitrogens with zero attached hydrogens (tertiary/aromatic N) is 3. The van der Waals surface area contributed by atoms with Crippen molar-refractivity contribution in [3.05, 3.63) is 36.3 Å². The molecule has 15 heavy (non-hydrogen) atoms. The summed E-state index contributed by atoms with van der Waals surface area (Å²) in [5, 5.41) is 12.9. The molecule has 0 aromatic carbocycles. The SMILES string of the molecule is Cn1cc(Oc2cccc(CO)n2)cn1. The summed E-state index contributed by atoms with van der Waals surface area (Å²) in [4.78, 5) is 4.09. The monoisotopic (exact) mass is 205 g/mol. The second-order valence-electron chi connectivity index (χ2n) is 3.08. The standard InChI is InChI=1S/C10H11N3O2/c1-13-6-9(5-11-13)15-10-4-2-3-8(7-14)12-10/h2-6,14H,7H2,1H3. The van der Waals surface area contributed by atoms with E-state index in [9.17, 15) is 0 Å². The molecular formula is C10H11N3O2. The number of hydrogen-bond acceptors (Lipinski definition) is 4. The quantitative estimate of drug-likeness (QED) is 0.815. The molecule has 0 unspecified atom stereocenters. The molecule has 2 aromatic rings. The van der Waals surface area contributed by atoms with E-state index >= 15 is 0 Å². The van der Waals surface area contributed by atoms with Crippen LogP contribution in [0.4, 0.5) is 0 Å². The molecule has 0 radical (unpaired) electrons. The molecule has 0 amide bonds. The summed E-state index contributed by atoms with van der Waals surface area (Å²) in [7, 11) is 1.81. The summed E-state index contributed by atoms with van der Waals surface area (Å²) in [6.07, 6.45) is 3.35. The molecule has 5 nitrogen and oxygen atoms in total. The number of rotatable bonds is 3. The van der Waals surface area contributed by atoms with Crippen molar-refractivity contribution in [1.82, 2.24) is 14.8 Å². The lowest BCUT2D eigenvalue weighted by atomic mass is 10.4. The molecule has 2 rings (SSSR count). The van der Waals surface area contributed by atoms with Gasteiger partial charge in [-0.3, -0.25) is 4.68 Å². The number of aromatic nitrogens is 3. The topological polar surface area (TPSA) is 60.2 Å². The Balaban J connectivity index is 2.16. The lowest BCUT2D eigenvalue weighted by Gasteiger charge is -2.02. The van der Waals surface area contributed by atoms with E-state index in [0.29, 0.717) is 17.3 Å². The Bertz CT molecular complexity index is 453. The van der Waals surface area contributed by atoms with Crippen molar-refractivity contribution in [2.45, 2.75) is 6.61 Å². The number of pyridine rings is 1. The molecule has 0 atom stereocenters. The Labute approximate surface area is 87.0 Å². The van der Waals surface area contributed by atoms with Gasteiger partial charge in [-0.05, 0) is 6.07 Å². The van der Waals surface area contributed by atoms with Gasteiger partial charge in [0.2, 0.25) is 5.88 Å². The Morgan fingerprint density at radius 2 is 2.33 bits per heavy atom. The van der Waals surface area contributed by atoms with Crippen LogP contribution in [0.1, 0.15) is 5.69 Å². The van der Waals surface area contributed by atoms with E-state index in [4.69, 9.17) is 9.84 Å². The average molecular weight is 205 g/mol. The van der Waals surface area contributed by atoms with Crippen molar-refractivity contribution < 1.29 is 9.84 Å². The second kappa shape index (κ2) is 4.10. The van der Waals surface area contributed by atoms with Crippen LogP contribution < -0.4 is 4.74 Å². The minimum Gasteiger partial charge on any atom is -0.436 e. The minimum absolute atomic E-state index is 0.0930. The first-order valence-corrected chi connectivity index (χ1v) is 4.51. The smallest absolute Gasteiger partial charge is 0.219 e. The van der Waals surface area contributed by atoms with Crippen LogP contribution in [0.5, 0.6) is 11.6 Å². The van der Waals surface area contributed by atoms with Gasteiger partial charge < -0.3 is 9.84 Å². The Hall–Kier alpha value is -1.88. The molecule has 0 aliphatic carbocycles. The van der Waals surface area contributed by atoms with Gasteiger partial charge in [0.05, 0.1) is 24.7 Å². The molecule has 0 aliphatic rings. The number of hydrogen-bond donors (Lipinski definition) is 1. The van der Waals surface area contributed by atoms with E-state index in [1.54, 1.807) is 35.3 Å². The normalized spacial score (nSPS) is 10.3. The van der Waals surface area contributed by atoms with Crippen LogP contribution in [0, 0.1) is 0 Å². The zero-order valence-electron chi connectivity index (χ0n) is 8.29. The van der Waals surface area contributed by atoms with Crippen LogP contribution in [0.15, 0.2) is 30.6 Å². The lowest BCUT2D eigenvalue weighted by Crippen LogP contribution is -1.92. The predicted octanol–water partition coefficient (Wildman–Crippen LogP) is 1.10. The van der Waals surface area contributed by atoms with Gasteiger partial charge in [-0.25, -0.2) is 4.98 Å². The third-order valence-electron chi connectivity index (χ3n) is 1.85. The summed E-state index contributed by atoms with van der Waals surface area (Å²) < 4.78 is 7.08. The van der Waals surface area contributed by atoms with E-state index in [-0.39, 0.29) is 6.61 Å². The van der Waals surface area contributed by atoms with Crippen LogP contribution in [0.3, 0.4) is 0 Å². The molecule has 1 N–H and O–H groups in total. The largest absolute Gasteiger partial charge is 0.436 e. The number of aliphatic hydroxyl groups is 1. The van der Waals surface area contributed by atoms with Gasteiger partial charge in [0.15, 0.2) is 5.75 Å². The van der Waals surface area contributed by atoms with Crippen molar-refractivity contribution in [2.24, 2.45) is 7.05 Å². The fourth-order valence-electron chi connectivity index (χ4n) is 1.17. The Morgan fingerprint density at radius 3 is 3.00 bits per heavy atom. The molecule has 2 aromatic heterocycles. The molecule has 0 spiro atoms. The summed E-state index contributed by atoms with van der Waals surface area (Å²) in [5.41, 5.74) is 0.580. The highest BCUT2D eigenvalue weighted by molar-refractivity contribution is 5.22. The third kappa shape index (κ3) is 2.32. The van der Waals surface area contributed by atoms with Crippen molar-refractivity contribution in [2.75, 3.05) is 0 Å². The second-order valence-corrected chi connectivity index (χ2v) is 3.08. The van der Waals surface area contributed by atoms with Crippen molar-refractivity contribution in [3.8, 4) is 11.6 Å². The minimum atomic E-state index is -0.0930. The highest BCUT2D eigenvalue weighted by Gasteiger charge is 2.01. The zero-order valence-corrected chi connectivity index (χ0v) is 8.29. The first-order chi connectivity index (χ1) is 7.28. The van der Waals surface area contributed by atoms with Crippen LogP contribution in [-0.4, -0.2) is 19.9 Å². The first kappa shape index (κ1) is 9.67. The molecule has 78 valence electrons. The van der Waals surface area contributed by atoms with Gasteiger partial charge in [-0.2, -0.15) is 5.10 Å². The molecule has 2 heterocycles. The zero-order chi connectivity index (χ0) is 10.7. The lowest BCUT2D eigenvalue weighted by molar-refractivity contribution is 0.275. The molecule has 0 saturated heterocycles. The maximum atomic E-state index is 8.90. The number of ether oxygens (including phenoxy) is 1. The number of aryl methyl sites for hydroxylation is 1. The van der Waals surface area contributed by atoms with E-state index in [1.165, 1.54) is 0 Å². The molecule has 5 heteroatoms. The molecule has 0 fully saturated rings. The maximum absolute atomic E-state index is 8.90. The Kier molecular flexibility index (Phi) is 2.64. The van der Waals surface area contributed by atoms with Gasteiger partial charge in [0, 0.05) is 13.1 Å². The highest BCUT2D eigenvalue weighted by Crippen LogP contribution is 2.17. The van der Waals surface area contributed by atoms with E-state index < -0.39 is 0 Å². The summed E-state index contributed by atoms with van der Waals surface area (Å²) in [6, 6.07) is 5.24. The molecule has 0 saturated carbocycles. The van der Waals surface area contributed by atoms with Crippen molar-refractivity contribution in [3.63, 3.8) is 0 Å². The van der Waals surface area contributed by atoms with Gasteiger partial charge in [-0.1, -0.05) is 6.07 Å². The average Bonchev–Trinajstić information content (AvgIpc) is 2.64. The molecule has 0 bridgehead atoms.